The normalized spacial score (nSPS) is 14.2. The van der Waals surface area contributed by atoms with Crippen LogP contribution in [0.5, 0.6) is 0 Å². The Morgan fingerprint density at radius 2 is 0.962 bits per heavy atom. The molecule has 26 heavy (non-hydrogen) atoms. The van der Waals surface area contributed by atoms with Gasteiger partial charge in [0.15, 0.2) is 11.6 Å². The third kappa shape index (κ3) is 2.82. The Balaban J connectivity index is 2.14. The van der Waals surface area contributed by atoms with Gasteiger partial charge in [0.2, 0.25) is 0 Å². The Kier molecular flexibility index (Phi) is 4.42. The quantitative estimate of drug-likeness (QED) is 0.594. The minimum atomic E-state index is -0.0378. The maximum absolute atomic E-state index is 13.1. The minimum absolute atomic E-state index is 0.0202. The molecule has 1 aliphatic rings. The van der Waals surface area contributed by atoms with Crippen molar-refractivity contribution in [2.24, 2.45) is 0 Å². The van der Waals surface area contributed by atoms with Crippen molar-refractivity contribution in [2.75, 3.05) is 0 Å². The molecule has 2 aromatic carbocycles. The van der Waals surface area contributed by atoms with Crippen molar-refractivity contribution >= 4 is 11.6 Å². The van der Waals surface area contributed by atoms with Gasteiger partial charge in [0.25, 0.3) is 0 Å². The van der Waals surface area contributed by atoms with E-state index in [1.54, 1.807) is 0 Å². The van der Waals surface area contributed by atoms with Gasteiger partial charge in [-0.05, 0) is 59.1 Å². The monoisotopic (exact) mass is 348 g/mol. The van der Waals surface area contributed by atoms with Crippen LogP contribution in [0.2, 0.25) is 0 Å². The predicted octanol–water partition coefficient (Wildman–Crippen LogP) is 5.84. The van der Waals surface area contributed by atoms with E-state index in [9.17, 15) is 9.59 Å². The first-order chi connectivity index (χ1) is 12.1. The number of fused-ring (bicyclic) bond motifs is 2. The molecule has 136 valence electrons. The van der Waals surface area contributed by atoms with Gasteiger partial charge in [-0.2, -0.15) is 0 Å². The summed E-state index contributed by atoms with van der Waals surface area (Å²) in [4.78, 5) is 26.2. The first-order valence-corrected chi connectivity index (χ1v) is 9.51. The molecule has 1 aliphatic carbocycles. The summed E-state index contributed by atoms with van der Waals surface area (Å²) >= 11 is 0. The number of benzene rings is 2. The highest BCUT2D eigenvalue weighted by atomic mass is 16.1. The van der Waals surface area contributed by atoms with Gasteiger partial charge in [-0.1, -0.05) is 53.7 Å². The maximum Gasteiger partial charge on any atom is 0.194 e. The van der Waals surface area contributed by atoms with Crippen molar-refractivity contribution in [1.82, 2.24) is 0 Å². The Labute approximate surface area is 156 Å². The van der Waals surface area contributed by atoms with E-state index >= 15 is 0 Å². The molecule has 0 aromatic heterocycles. The Morgan fingerprint density at radius 3 is 1.27 bits per heavy atom. The average Bonchev–Trinajstić information content (AvgIpc) is 2.65. The number of hydrogen-bond acceptors (Lipinski definition) is 2. The number of rotatable bonds is 4. The van der Waals surface area contributed by atoms with E-state index in [-0.39, 0.29) is 22.4 Å². The second kappa shape index (κ2) is 6.19. The van der Waals surface area contributed by atoms with E-state index < -0.39 is 0 Å². The largest absolute Gasteiger partial charge is 0.289 e. The summed E-state index contributed by atoms with van der Waals surface area (Å²) in [5, 5.41) is 0. The maximum atomic E-state index is 13.1. The molecule has 0 amide bonds. The van der Waals surface area contributed by atoms with Crippen molar-refractivity contribution in [3.05, 3.63) is 69.8 Å². The fraction of sp³-hybridized carbons (Fsp3) is 0.417. The molecule has 0 heterocycles. The molecule has 0 bridgehead atoms. The van der Waals surface area contributed by atoms with Crippen LogP contribution in [0.25, 0.3) is 0 Å². The molecule has 0 unspecified atom stereocenters. The van der Waals surface area contributed by atoms with Crippen LogP contribution in [0, 0.1) is 0 Å². The van der Waals surface area contributed by atoms with Crippen LogP contribution in [0.15, 0.2) is 36.4 Å². The molecule has 0 fully saturated rings. The Morgan fingerprint density at radius 1 is 0.615 bits per heavy atom. The lowest BCUT2D eigenvalue weighted by Crippen LogP contribution is -2.25. The highest BCUT2D eigenvalue weighted by molar-refractivity contribution is 6.28. The number of ketones is 2. The topological polar surface area (TPSA) is 34.1 Å². The standard InChI is InChI=1S/C24H28O2/c1-7-23(3,4)15-9-11-17-19(13-15)21(25)18-12-10-16(24(5,6)8-2)14-20(18)22(17)26/h9-14H,7-8H2,1-6H3. The summed E-state index contributed by atoms with van der Waals surface area (Å²) in [6.45, 7) is 12.9. The molecule has 0 saturated carbocycles. The smallest absolute Gasteiger partial charge is 0.194 e. The van der Waals surface area contributed by atoms with E-state index in [2.05, 4.69) is 41.5 Å². The lowest BCUT2D eigenvalue weighted by Gasteiger charge is -2.27. The molecule has 0 N–H and O–H groups in total. The van der Waals surface area contributed by atoms with Crippen LogP contribution in [0.1, 0.15) is 97.4 Å². The predicted molar refractivity (Wildman–Crippen MR) is 106 cm³/mol. The van der Waals surface area contributed by atoms with Crippen LogP contribution in [-0.4, -0.2) is 11.6 Å². The van der Waals surface area contributed by atoms with Gasteiger partial charge in [-0.15, -0.1) is 0 Å². The van der Waals surface area contributed by atoms with Gasteiger partial charge >= 0.3 is 0 Å². The van der Waals surface area contributed by atoms with Crippen LogP contribution in [0.4, 0.5) is 0 Å². The van der Waals surface area contributed by atoms with Crippen LogP contribution < -0.4 is 0 Å². The van der Waals surface area contributed by atoms with Crippen molar-refractivity contribution in [3.63, 3.8) is 0 Å². The minimum Gasteiger partial charge on any atom is -0.289 e. The van der Waals surface area contributed by atoms with Crippen LogP contribution in [-0.2, 0) is 10.8 Å². The van der Waals surface area contributed by atoms with Gasteiger partial charge in [-0.3, -0.25) is 9.59 Å². The molecule has 0 atom stereocenters. The first kappa shape index (κ1) is 18.6. The molecule has 0 spiro atoms. The molecule has 3 rings (SSSR count). The van der Waals surface area contributed by atoms with Crippen molar-refractivity contribution < 1.29 is 9.59 Å². The Hall–Kier alpha value is -2.22. The fourth-order valence-corrected chi connectivity index (χ4v) is 3.40. The van der Waals surface area contributed by atoms with Crippen molar-refractivity contribution in [1.29, 1.82) is 0 Å². The highest BCUT2D eigenvalue weighted by Crippen LogP contribution is 2.35. The number of carbonyl (C=O) groups excluding carboxylic acids is 2. The average molecular weight is 348 g/mol. The summed E-state index contributed by atoms with van der Waals surface area (Å²) in [7, 11) is 0. The summed E-state index contributed by atoms with van der Waals surface area (Å²) in [6.07, 6.45) is 1.94. The van der Waals surface area contributed by atoms with Gasteiger partial charge < -0.3 is 0 Å². The van der Waals surface area contributed by atoms with E-state index in [0.717, 1.165) is 24.0 Å². The lowest BCUT2D eigenvalue weighted by molar-refractivity contribution is 0.0978. The molecular weight excluding hydrogens is 320 g/mol. The zero-order valence-electron chi connectivity index (χ0n) is 16.7. The van der Waals surface area contributed by atoms with Crippen molar-refractivity contribution in [2.45, 2.75) is 65.2 Å². The van der Waals surface area contributed by atoms with E-state index in [4.69, 9.17) is 0 Å². The summed E-state index contributed by atoms with van der Waals surface area (Å²) in [5.41, 5.74) is 4.32. The van der Waals surface area contributed by atoms with E-state index in [0.29, 0.717) is 22.3 Å². The zero-order chi connectivity index (χ0) is 19.3. The number of hydrogen-bond donors (Lipinski definition) is 0. The number of carbonyl (C=O) groups is 2. The van der Waals surface area contributed by atoms with Crippen molar-refractivity contribution in [3.8, 4) is 0 Å². The molecule has 2 nitrogen and oxygen atoms in total. The van der Waals surface area contributed by atoms with Gasteiger partial charge in [0.05, 0.1) is 0 Å². The van der Waals surface area contributed by atoms with Gasteiger partial charge in [0, 0.05) is 22.3 Å². The molecule has 2 aromatic rings. The third-order valence-corrected chi connectivity index (χ3v) is 6.35. The van der Waals surface area contributed by atoms with E-state index in [1.807, 2.05) is 36.4 Å². The molecule has 2 heteroatoms. The van der Waals surface area contributed by atoms with Gasteiger partial charge in [-0.25, -0.2) is 0 Å². The second-order valence-corrected chi connectivity index (χ2v) is 8.65. The zero-order valence-corrected chi connectivity index (χ0v) is 16.7. The van der Waals surface area contributed by atoms with Crippen LogP contribution >= 0.6 is 0 Å². The van der Waals surface area contributed by atoms with Crippen LogP contribution in [0.3, 0.4) is 0 Å². The fourth-order valence-electron chi connectivity index (χ4n) is 3.40. The summed E-state index contributed by atoms with van der Waals surface area (Å²) in [5.74, 6) is -0.0755. The molecule has 0 radical (unpaired) electrons. The SMILES string of the molecule is CCC(C)(C)c1ccc2c(c1)C(=O)c1ccc(C(C)(C)CC)cc1C2=O. The molecule has 0 aliphatic heterocycles. The second-order valence-electron chi connectivity index (χ2n) is 8.65. The lowest BCUT2D eigenvalue weighted by atomic mass is 9.75. The molecule has 0 saturated heterocycles. The summed E-state index contributed by atoms with van der Waals surface area (Å²) in [6, 6.07) is 11.5. The molecular formula is C24H28O2. The van der Waals surface area contributed by atoms with Gasteiger partial charge in [0.1, 0.15) is 0 Å². The Bertz CT molecular complexity index is 825. The highest BCUT2D eigenvalue weighted by Gasteiger charge is 2.32. The first-order valence-electron chi connectivity index (χ1n) is 9.51. The summed E-state index contributed by atoms with van der Waals surface area (Å²) < 4.78 is 0. The van der Waals surface area contributed by atoms with E-state index in [1.165, 1.54) is 0 Å². The third-order valence-electron chi connectivity index (χ3n) is 6.35.